The SMILES string of the molecule is C=C(C)C(=O)O.F[B-](F)(F)F.[LiH]. The van der Waals surface area contributed by atoms with Crippen LogP contribution in [0.25, 0.3) is 0 Å². The Bertz CT molecular complexity index is 140. The fraction of sp³-hybridized carbons (Fsp3) is 0.250. The van der Waals surface area contributed by atoms with Crippen molar-refractivity contribution >= 4 is 32.1 Å². The predicted octanol–water partition coefficient (Wildman–Crippen LogP) is 1.30. The summed E-state index contributed by atoms with van der Waals surface area (Å²) in [6.07, 6.45) is 0. The predicted molar refractivity (Wildman–Crippen MR) is 39.8 cm³/mol. The molecule has 0 unspecified atom stereocenters. The van der Waals surface area contributed by atoms with Gasteiger partial charge >= 0.3 is 32.1 Å². The molecule has 12 heavy (non-hydrogen) atoms. The number of rotatable bonds is 1. The van der Waals surface area contributed by atoms with Crippen LogP contribution in [0.15, 0.2) is 12.2 Å². The minimum absolute atomic E-state index is 0. The Morgan fingerprint density at radius 1 is 1.33 bits per heavy atom. The van der Waals surface area contributed by atoms with Gasteiger partial charge in [-0.1, -0.05) is 6.58 Å². The molecule has 0 atom stereocenters. The zero-order valence-corrected chi connectivity index (χ0v) is 5.65. The Balaban J connectivity index is -0.000000126. The topological polar surface area (TPSA) is 37.3 Å². The summed E-state index contributed by atoms with van der Waals surface area (Å²) in [6, 6.07) is 0. The molecule has 0 radical (unpaired) electrons. The molecule has 0 rings (SSSR count). The van der Waals surface area contributed by atoms with Crippen LogP contribution in [-0.2, 0) is 4.79 Å². The van der Waals surface area contributed by atoms with Gasteiger partial charge in [0, 0.05) is 5.57 Å². The molecule has 0 aromatic carbocycles. The molecule has 0 bridgehead atoms. The van der Waals surface area contributed by atoms with Crippen LogP contribution in [0.5, 0.6) is 0 Å². The average molecular weight is 181 g/mol. The van der Waals surface area contributed by atoms with Gasteiger partial charge in [-0.3, -0.25) is 0 Å². The van der Waals surface area contributed by atoms with E-state index in [4.69, 9.17) is 5.11 Å². The van der Waals surface area contributed by atoms with Gasteiger partial charge in [0.25, 0.3) is 0 Å². The number of carbonyl (C=O) groups is 1. The summed E-state index contributed by atoms with van der Waals surface area (Å²) < 4.78 is 39.0. The van der Waals surface area contributed by atoms with E-state index in [2.05, 4.69) is 6.58 Å². The molecular weight excluding hydrogens is 174 g/mol. The average Bonchev–Trinajstić information content (AvgIpc) is 1.59. The van der Waals surface area contributed by atoms with E-state index in [0.29, 0.717) is 0 Å². The van der Waals surface area contributed by atoms with E-state index in [1.165, 1.54) is 6.92 Å². The van der Waals surface area contributed by atoms with Gasteiger partial charge in [-0.25, -0.2) is 4.79 Å². The van der Waals surface area contributed by atoms with Crippen molar-refractivity contribution in [3.8, 4) is 0 Å². The quantitative estimate of drug-likeness (QED) is 0.376. The number of hydrogen-bond acceptors (Lipinski definition) is 1. The molecule has 0 aliphatic carbocycles. The fourth-order valence-electron chi connectivity index (χ4n) is 0. The third kappa shape index (κ3) is 54.9. The van der Waals surface area contributed by atoms with Crippen molar-refractivity contribution in [2.75, 3.05) is 0 Å². The van der Waals surface area contributed by atoms with Crippen LogP contribution in [0.1, 0.15) is 6.92 Å². The van der Waals surface area contributed by atoms with E-state index in [9.17, 15) is 22.1 Å². The van der Waals surface area contributed by atoms with Crippen molar-refractivity contribution in [3.05, 3.63) is 12.2 Å². The van der Waals surface area contributed by atoms with Gasteiger partial charge in [0.1, 0.15) is 0 Å². The number of carboxylic acids is 1. The van der Waals surface area contributed by atoms with Crippen molar-refractivity contribution in [1.29, 1.82) is 0 Å². The molecule has 68 valence electrons. The number of halogens is 4. The summed E-state index contributed by atoms with van der Waals surface area (Å²) >= 11 is 0. The molecule has 0 saturated carbocycles. The van der Waals surface area contributed by atoms with Gasteiger partial charge in [-0.2, -0.15) is 0 Å². The summed E-state index contributed by atoms with van der Waals surface area (Å²) in [6.45, 7) is 4.60. The van der Waals surface area contributed by atoms with Crippen LogP contribution in [-0.4, -0.2) is 37.2 Å². The maximum atomic E-state index is 9.75. The monoisotopic (exact) mass is 181 g/mol. The molecule has 0 aromatic rings. The molecule has 0 aromatic heterocycles. The van der Waals surface area contributed by atoms with Crippen LogP contribution in [0.3, 0.4) is 0 Å². The second-order valence-corrected chi connectivity index (χ2v) is 1.58. The van der Waals surface area contributed by atoms with Gasteiger partial charge in [0.15, 0.2) is 0 Å². The zero-order chi connectivity index (χ0) is 9.65. The molecule has 0 heterocycles. The van der Waals surface area contributed by atoms with E-state index >= 15 is 0 Å². The van der Waals surface area contributed by atoms with E-state index in [-0.39, 0.29) is 24.4 Å². The van der Waals surface area contributed by atoms with E-state index in [1.54, 1.807) is 0 Å². The number of carboxylic acid groups (broad SMARTS) is 1. The summed E-state index contributed by atoms with van der Waals surface area (Å²) in [5.41, 5.74) is 0.176. The molecule has 0 aliphatic heterocycles. The molecule has 8 heteroatoms. The first-order chi connectivity index (χ1) is 4.64. The van der Waals surface area contributed by atoms with Crippen LogP contribution >= 0.6 is 0 Å². The summed E-state index contributed by atoms with van der Waals surface area (Å²) in [4.78, 5) is 9.60. The molecular formula is C4H7BF4LiO2-. The Morgan fingerprint density at radius 3 is 1.42 bits per heavy atom. The summed E-state index contributed by atoms with van der Waals surface area (Å²) in [7, 11) is -6.00. The third-order valence-corrected chi connectivity index (χ3v) is 0.365. The second kappa shape index (κ2) is 7.25. The fourth-order valence-corrected chi connectivity index (χ4v) is 0. The second-order valence-electron chi connectivity index (χ2n) is 1.58. The van der Waals surface area contributed by atoms with Crippen LogP contribution in [0, 0.1) is 0 Å². The van der Waals surface area contributed by atoms with E-state index < -0.39 is 13.2 Å². The number of aliphatic carboxylic acids is 1. The third-order valence-electron chi connectivity index (χ3n) is 0.365. The van der Waals surface area contributed by atoms with Crippen molar-refractivity contribution < 1.29 is 27.2 Å². The Morgan fingerprint density at radius 2 is 1.42 bits per heavy atom. The zero-order valence-electron chi connectivity index (χ0n) is 5.65. The molecule has 0 fully saturated rings. The van der Waals surface area contributed by atoms with Crippen molar-refractivity contribution in [1.82, 2.24) is 0 Å². The Hall–Kier alpha value is -0.408. The van der Waals surface area contributed by atoms with Crippen molar-refractivity contribution in [2.24, 2.45) is 0 Å². The molecule has 2 nitrogen and oxygen atoms in total. The molecule has 0 aliphatic rings. The Kier molecular flexibility index (Phi) is 10.6. The van der Waals surface area contributed by atoms with Crippen molar-refractivity contribution in [2.45, 2.75) is 6.92 Å². The van der Waals surface area contributed by atoms with Gasteiger partial charge in [0.05, 0.1) is 0 Å². The van der Waals surface area contributed by atoms with Gasteiger partial charge in [-0.15, -0.1) is 0 Å². The molecule has 1 N–H and O–H groups in total. The minimum atomic E-state index is -6.00. The van der Waals surface area contributed by atoms with Gasteiger partial charge < -0.3 is 22.4 Å². The first-order valence-corrected chi connectivity index (χ1v) is 2.40. The standard InChI is InChI=1S/C4H6O2.BF4.Li.H/c1-3(2)4(5)6;2-1(3,4)5;;/h1H2,2H3,(H,5,6);;;/q;-1;;. The summed E-state index contributed by atoms with van der Waals surface area (Å²) in [5, 5.41) is 7.89. The molecule has 0 saturated heterocycles. The maximum absolute atomic E-state index is 9.75. The Labute approximate surface area is 78.9 Å². The first kappa shape index (κ1) is 17.6. The first-order valence-electron chi connectivity index (χ1n) is 2.40. The van der Waals surface area contributed by atoms with Gasteiger partial charge in [0.2, 0.25) is 0 Å². The number of hydrogen-bond donors (Lipinski definition) is 1. The van der Waals surface area contributed by atoms with E-state index in [1.807, 2.05) is 0 Å². The molecule has 0 amide bonds. The molecule has 0 spiro atoms. The van der Waals surface area contributed by atoms with Gasteiger partial charge in [-0.05, 0) is 6.92 Å². The van der Waals surface area contributed by atoms with Crippen LogP contribution in [0.4, 0.5) is 17.3 Å². The van der Waals surface area contributed by atoms with Crippen LogP contribution < -0.4 is 0 Å². The van der Waals surface area contributed by atoms with Crippen LogP contribution in [0.2, 0.25) is 0 Å². The normalized spacial score (nSPS) is 8.75. The van der Waals surface area contributed by atoms with Crippen molar-refractivity contribution in [3.63, 3.8) is 0 Å². The summed E-state index contributed by atoms with van der Waals surface area (Å²) in [5.74, 6) is -0.935. The van der Waals surface area contributed by atoms with E-state index in [0.717, 1.165) is 0 Å².